The summed E-state index contributed by atoms with van der Waals surface area (Å²) in [5.74, 6) is 1.24. The molecular formula is C12H13BrClNO3S2. The molecule has 0 atom stereocenters. The molecule has 4 nitrogen and oxygen atoms in total. The molecule has 1 N–H and O–H groups in total. The van der Waals surface area contributed by atoms with Gasteiger partial charge >= 0.3 is 0 Å². The summed E-state index contributed by atoms with van der Waals surface area (Å²) >= 11 is 4.80. The van der Waals surface area contributed by atoms with Gasteiger partial charge in [-0.1, -0.05) is 22.0 Å². The number of benzene rings is 1. The zero-order chi connectivity index (χ0) is 15.2. The normalized spacial score (nSPS) is 11.1. The highest BCUT2D eigenvalue weighted by Gasteiger charge is 2.15. The summed E-state index contributed by atoms with van der Waals surface area (Å²) in [5, 5.41) is 2.71. The molecule has 0 bridgehead atoms. The number of carbonyl (C=O) groups excluding carboxylic acids is 1. The van der Waals surface area contributed by atoms with E-state index in [1.54, 1.807) is 17.8 Å². The summed E-state index contributed by atoms with van der Waals surface area (Å²) in [6.45, 7) is 4.09. The van der Waals surface area contributed by atoms with Gasteiger partial charge in [-0.05, 0) is 18.2 Å². The zero-order valence-corrected chi connectivity index (χ0v) is 14.4. The highest BCUT2D eigenvalue weighted by Crippen LogP contribution is 2.22. The van der Waals surface area contributed by atoms with Crippen LogP contribution in [0.25, 0.3) is 0 Å². The van der Waals surface area contributed by atoms with Crippen molar-refractivity contribution in [1.29, 1.82) is 0 Å². The summed E-state index contributed by atoms with van der Waals surface area (Å²) in [7, 11) is 1.41. The van der Waals surface area contributed by atoms with Crippen LogP contribution < -0.4 is 5.32 Å². The first-order valence-electron chi connectivity index (χ1n) is 5.56. The molecule has 0 aliphatic heterocycles. The number of hydrogen-bond acceptors (Lipinski definition) is 4. The van der Waals surface area contributed by atoms with Crippen LogP contribution in [0.3, 0.4) is 0 Å². The SMILES string of the molecule is C=CCSCCNC(=O)c1cc(Br)cc(S(=O)(=O)Cl)c1. The summed E-state index contributed by atoms with van der Waals surface area (Å²) in [5.41, 5.74) is 0.243. The van der Waals surface area contributed by atoms with Gasteiger partial charge in [0.05, 0.1) is 4.90 Å². The summed E-state index contributed by atoms with van der Waals surface area (Å²) in [6, 6.07) is 4.14. The van der Waals surface area contributed by atoms with Crippen LogP contribution >= 0.6 is 38.4 Å². The Morgan fingerprint density at radius 3 is 2.75 bits per heavy atom. The molecule has 0 saturated heterocycles. The summed E-state index contributed by atoms with van der Waals surface area (Å²) in [6.07, 6.45) is 1.79. The average Bonchev–Trinajstić information content (AvgIpc) is 2.36. The van der Waals surface area contributed by atoms with Gasteiger partial charge in [-0.3, -0.25) is 4.79 Å². The minimum Gasteiger partial charge on any atom is -0.351 e. The molecule has 1 amide bonds. The standard InChI is InChI=1S/C12H13BrClNO3S2/c1-2-4-19-5-3-15-12(16)9-6-10(13)8-11(7-9)20(14,17)18/h2,6-8H,1,3-5H2,(H,15,16). The van der Waals surface area contributed by atoms with Gasteiger partial charge in [0.15, 0.2) is 0 Å². The maximum atomic E-state index is 11.9. The molecule has 1 aromatic carbocycles. The van der Waals surface area contributed by atoms with Gasteiger partial charge in [-0.25, -0.2) is 8.42 Å². The lowest BCUT2D eigenvalue weighted by molar-refractivity contribution is 0.0956. The van der Waals surface area contributed by atoms with Gasteiger partial charge in [0.1, 0.15) is 0 Å². The van der Waals surface area contributed by atoms with Gasteiger partial charge in [-0.2, -0.15) is 11.8 Å². The molecule has 0 aliphatic carbocycles. The fourth-order valence-electron chi connectivity index (χ4n) is 1.34. The highest BCUT2D eigenvalue weighted by atomic mass is 79.9. The van der Waals surface area contributed by atoms with Gasteiger partial charge in [0, 0.05) is 38.8 Å². The topological polar surface area (TPSA) is 63.2 Å². The quantitative estimate of drug-likeness (QED) is 0.436. The Kier molecular flexibility index (Phi) is 7.08. The van der Waals surface area contributed by atoms with Crippen LogP contribution in [0.2, 0.25) is 0 Å². The molecule has 0 unspecified atom stereocenters. The summed E-state index contributed by atoms with van der Waals surface area (Å²) in [4.78, 5) is 11.8. The smallest absolute Gasteiger partial charge is 0.261 e. The fourth-order valence-corrected chi connectivity index (χ4v) is 3.37. The first-order valence-corrected chi connectivity index (χ1v) is 9.82. The van der Waals surface area contributed by atoms with Gasteiger partial charge < -0.3 is 5.32 Å². The minimum atomic E-state index is -3.87. The minimum absolute atomic E-state index is 0.111. The maximum Gasteiger partial charge on any atom is 0.261 e. The van der Waals surface area contributed by atoms with E-state index in [9.17, 15) is 13.2 Å². The molecule has 0 heterocycles. The first-order chi connectivity index (χ1) is 9.34. The van der Waals surface area contributed by atoms with Crippen LogP contribution in [0.15, 0.2) is 40.2 Å². The molecule has 0 fully saturated rings. The number of amides is 1. The van der Waals surface area contributed by atoms with Crippen molar-refractivity contribution in [2.24, 2.45) is 0 Å². The van der Waals surface area contributed by atoms with E-state index in [0.717, 1.165) is 11.5 Å². The number of carbonyl (C=O) groups is 1. The second-order valence-electron chi connectivity index (χ2n) is 3.73. The van der Waals surface area contributed by atoms with Crippen molar-refractivity contribution in [3.63, 3.8) is 0 Å². The van der Waals surface area contributed by atoms with E-state index in [2.05, 4.69) is 27.8 Å². The molecular weight excluding hydrogens is 386 g/mol. The molecule has 110 valence electrons. The van der Waals surface area contributed by atoms with Crippen LogP contribution in [-0.2, 0) is 9.05 Å². The Morgan fingerprint density at radius 1 is 1.45 bits per heavy atom. The third-order valence-electron chi connectivity index (χ3n) is 2.18. The predicted octanol–water partition coefficient (Wildman–Crippen LogP) is 3.03. The van der Waals surface area contributed by atoms with Crippen LogP contribution in [-0.4, -0.2) is 32.4 Å². The lowest BCUT2D eigenvalue weighted by Crippen LogP contribution is -2.26. The highest BCUT2D eigenvalue weighted by molar-refractivity contribution is 9.10. The van der Waals surface area contributed by atoms with E-state index < -0.39 is 9.05 Å². The summed E-state index contributed by atoms with van der Waals surface area (Å²) < 4.78 is 23.1. The van der Waals surface area contributed by atoms with Crippen molar-refractivity contribution in [3.05, 3.63) is 40.9 Å². The first kappa shape index (κ1) is 17.6. The van der Waals surface area contributed by atoms with Crippen molar-refractivity contribution in [1.82, 2.24) is 5.32 Å². The third-order valence-corrected chi connectivity index (χ3v) is 4.94. The van der Waals surface area contributed by atoms with E-state index >= 15 is 0 Å². The molecule has 0 saturated carbocycles. The van der Waals surface area contributed by atoms with E-state index in [-0.39, 0.29) is 16.4 Å². The largest absolute Gasteiger partial charge is 0.351 e. The number of hydrogen-bond donors (Lipinski definition) is 1. The number of nitrogens with one attached hydrogen (secondary N) is 1. The van der Waals surface area contributed by atoms with Crippen LogP contribution in [0.4, 0.5) is 0 Å². The molecule has 8 heteroatoms. The van der Waals surface area contributed by atoms with Gasteiger partial charge in [0.2, 0.25) is 0 Å². The van der Waals surface area contributed by atoms with Crippen molar-refractivity contribution >= 4 is 53.3 Å². The number of thioether (sulfide) groups is 1. The van der Waals surface area contributed by atoms with Gasteiger partial charge in [0.25, 0.3) is 15.0 Å². The van der Waals surface area contributed by atoms with E-state index in [0.29, 0.717) is 11.0 Å². The fraction of sp³-hybridized carbons (Fsp3) is 0.250. The van der Waals surface area contributed by atoms with Crippen molar-refractivity contribution in [2.45, 2.75) is 4.90 Å². The molecule has 20 heavy (non-hydrogen) atoms. The van der Waals surface area contributed by atoms with Crippen molar-refractivity contribution < 1.29 is 13.2 Å². The Hall–Kier alpha value is -0.500. The Bertz CT molecular complexity index is 605. The van der Waals surface area contributed by atoms with E-state index in [1.165, 1.54) is 18.2 Å². The zero-order valence-electron chi connectivity index (χ0n) is 10.4. The molecule has 1 rings (SSSR count). The van der Waals surface area contributed by atoms with Crippen molar-refractivity contribution in [3.8, 4) is 0 Å². The molecule has 0 aromatic heterocycles. The van der Waals surface area contributed by atoms with Crippen LogP contribution in [0.1, 0.15) is 10.4 Å². The molecule has 1 aromatic rings. The molecule has 0 spiro atoms. The predicted molar refractivity (Wildman–Crippen MR) is 87.0 cm³/mol. The number of rotatable bonds is 7. The Balaban J connectivity index is 2.73. The second-order valence-corrected chi connectivity index (χ2v) is 8.36. The average molecular weight is 399 g/mol. The van der Waals surface area contributed by atoms with Crippen LogP contribution in [0, 0.1) is 0 Å². The van der Waals surface area contributed by atoms with E-state index in [4.69, 9.17) is 10.7 Å². The Labute approximate surface area is 135 Å². The maximum absolute atomic E-state index is 11.9. The van der Waals surface area contributed by atoms with Crippen molar-refractivity contribution in [2.75, 3.05) is 18.1 Å². The Morgan fingerprint density at radius 2 is 2.15 bits per heavy atom. The monoisotopic (exact) mass is 397 g/mol. The third kappa shape index (κ3) is 5.87. The van der Waals surface area contributed by atoms with Gasteiger partial charge in [-0.15, -0.1) is 6.58 Å². The molecule has 0 aliphatic rings. The lowest BCUT2D eigenvalue weighted by Gasteiger charge is -2.06. The molecule has 0 radical (unpaired) electrons. The number of halogens is 2. The van der Waals surface area contributed by atoms with Crippen LogP contribution in [0.5, 0.6) is 0 Å². The van der Waals surface area contributed by atoms with E-state index in [1.807, 2.05) is 0 Å². The second kappa shape index (κ2) is 8.07. The lowest BCUT2D eigenvalue weighted by atomic mass is 10.2.